The molecule has 4 nitrogen and oxygen atoms in total. The van der Waals surface area contributed by atoms with E-state index in [0.717, 1.165) is 25.8 Å². The van der Waals surface area contributed by atoms with E-state index in [1.807, 2.05) is 24.3 Å². The lowest BCUT2D eigenvalue weighted by atomic mass is 10.0. The maximum Gasteiger partial charge on any atom is 0.232 e. The van der Waals surface area contributed by atoms with Gasteiger partial charge in [0.1, 0.15) is 0 Å². The van der Waals surface area contributed by atoms with Crippen molar-refractivity contribution in [2.24, 2.45) is 0 Å². The Labute approximate surface area is 128 Å². The summed E-state index contributed by atoms with van der Waals surface area (Å²) in [7, 11) is -3.25. The quantitative estimate of drug-likeness (QED) is 0.814. The van der Waals surface area contributed by atoms with Gasteiger partial charge < -0.3 is 5.32 Å². The van der Waals surface area contributed by atoms with Crippen molar-refractivity contribution in [1.82, 2.24) is 5.32 Å². The van der Waals surface area contributed by atoms with Gasteiger partial charge in [-0.05, 0) is 49.9 Å². The van der Waals surface area contributed by atoms with E-state index >= 15 is 0 Å². The molecule has 5 heteroatoms. The number of aryl methyl sites for hydroxylation is 1. The maximum absolute atomic E-state index is 12.1. The molecule has 1 aromatic rings. The van der Waals surface area contributed by atoms with E-state index in [0.29, 0.717) is 18.2 Å². The number of rotatable bonds is 7. The van der Waals surface area contributed by atoms with Crippen molar-refractivity contribution < 1.29 is 8.42 Å². The molecule has 1 fully saturated rings. The molecule has 0 bridgehead atoms. The van der Waals surface area contributed by atoms with Gasteiger partial charge in [0.15, 0.2) is 0 Å². The summed E-state index contributed by atoms with van der Waals surface area (Å²) in [4.78, 5) is 0. The van der Waals surface area contributed by atoms with E-state index < -0.39 is 10.0 Å². The monoisotopic (exact) mass is 310 g/mol. The van der Waals surface area contributed by atoms with Crippen molar-refractivity contribution in [3.8, 4) is 0 Å². The molecule has 1 aromatic carbocycles. The Kier molecular flexibility index (Phi) is 6.06. The van der Waals surface area contributed by atoms with E-state index in [4.69, 9.17) is 0 Å². The highest BCUT2D eigenvalue weighted by molar-refractivity contribution is 7.92. The molecule has 0 aliphatic carbocycles. The van der Waals surface area contributed by atoms with Gasteiger partial charge in [0, 0.05) is 11.7 Å². The van der Waals surface area contributed by atoms with Gasteiger partial charge in [0.25, 0.3) is 0 Å². The Bertz CT molecular complexity index is 520. The van der Waals surface area contributed by atoms with Crippen LogP contribution in [0, 0.1) is 0 Å². The summed E-state index contributed by atoms with van der Waals surface area (Å²) in [6.45, 7) is 3.15. The van der Waals surface area contributed by atoms with E-state index in [9.17, 15) is 8.42 Å². The molecule has 1 atom stereocenters. The van der Waals surface area contributed by atoms with Crippen LogP contribution in [0.4, 0.5) is 5.69 Å². The lowest BCUT2D eigenvalue weighted by Gasteiger charge is -2.23. The molecule has 0 spiro atoms. The molecule has 1 saturated heterocycles. The second-order valence-electron chi connectivity index (χ2n) is 5.80. The third-order valence-corrected chi connectivity index (χ3v) is 5.23. The van der Waals surface area contributed by atoms with Crippen LogP contribution in [0.2, 0.25) is 0 Å². The van der Waals surface area contributed by atoms with Crippen molar-refractivity contribution in [3.63, 3.8) is 0 Å². The second-order valence-corrected chi connectivity index (χ2v) is 7.65. The van der Waals surface area contributed by atoms with Crippen molar-refractivity contribution in [1.29, 1.82) is 0 Å². The van der Waals surface area contributed by atoms with Crippen molar-refractivity contribution in [3.05, 3.63) is 29.8 Å². The van der Waals surface area contributed by atoms with Gasteiger partial charge in [0.05, 0.1) is 5.75 Å². The fourth-order valence-electron chi connectivity index (χ4n) is 2.73. The standard InChI is InChI=1S/C16H26N2O2S/c1-2-5-14-7-9-16(10-8-14)18-21(19,20)13-11-15-6-3-4-12-17-15/h7-10,15,17-18H,2-6,11-13H2,1H3. The summed E-state index contributed by atoms with van der Waals surface area (Å²) in [5, 5.41) is 3.38. The lowest BCUT2D eigenvalue weighted by molar-refractivity contribution is 0.393. The predicted molar refractivity (Wildman–Crippen MR) is 88.1 cm³/mol. The third-order valence-electron chi connectivity index (χ3n) is 3.91. The van der Waals surface area contributed by atoms with Crippen molar-refractivity contribution in [2.45, 2.75) is 51.5 Å². The average molecular weight is 310 g/mol. The smallest absolute Gasteiger partial charge is 0.232 e. The average Bonchev–Trinajstić information content (AvgIpc) is 2.48. The van der Waals surface area contributed by atoms with Gasteiger partial charge in [-0.1, -0.05) is 31.9 Å². The first kappa shape index (κ1) is 16.3. The minimum absolute atomic E-state index is 0.182. The Morgan fingerprint density at radius 1 is 1.24 bits per heavy atom. The van der Waals surface area contributed by atoms with Crippen LogP contribution < -0.4 is 10.0 Å². The first-order valence-corrected chi connectivity index (χ1v) is 9.57. The summed E-state index contributed by atoms with van der Waals surface area (Å²) in [6, 6.07) is 8.03. The Balaban J connectivity index is 1.84. The van der Waals surface area contributed by atoms with Gasteiger partial charge >= 0.3 is 0 Å². The van der Waals surface area contributed by atoms with Crippen LogP contribution in [-0.4, -0.2) is 26.8 Å². The molecule has 1 heterocycles. The molecule has 118 valence electrons. The van der Waals surface area contributed by atoms with E-state index in [1.165, 1.54) is 18.4 Å². The molecule has 0 saturated carbocycles. The zero-order valence-electron chi connectivity index (χ0n) is 12.8. The molecular formula is C16H26N2O2S. The van der Waals surface area contributed by atoms with E-state index in [2.05, 4.69) is 17.0 Å². The highest BCUT2D eigenvalue weighted by Gasteiger charge is 2.17. The van der Waals surface area contributed by atoms with Gasteiger partial charge in [-0.2, -0.15) is 0 Å². The number of hydrogen-bond acceptors (Lipinski definition) is 3. The molecule has 2 N–H and O–H groups in total. The molecule has 1 aliphatic heterocycles. The Hall–Kier alpha value is -1.07. The zero-order chi connectivity index (χ0) is 15.1. The van der Waals surface area contributed by atoms with Crippen LogP contribution in [0.3, 0.4) is 0 Å². The molecule has 0 radical (unpaired) electrons. The minimum atomic E-state index is -3.25. The summed E-state index contributed by atoms with van der Waals surface area (Å²) in [6.07, 6.45) is 6.29. The van der Waals surface area contributed by atoms with Crippen LogP contribution in [0.25, 0.3) is 0 Å². The van der Waals surface area contributed by atoms with Gasteiger partial charge in [-0.25, -0.2) is 8.42 Å². The molecular weight excluding hydrogens is 284 g/mol. The third kappa shape index (κ3) is 5.67. The Morgan fingerprint density at radius 2 is 2.00 bits per heavy atom. The lowest BCUT2D eigenvalue weighted by Crippen LogP contribution is -2.36. The molecule has 0 aromatic heterocycles. The van der Waals surface area contributed by atoms with Gasteiger partial charge in [0.2, 0.25) is 10.0 Å². The number of hydrogen-bond donors (Lipinski definition) is 2. The molecule has 1 aliphatic rings. The predicted octanol–water partition coefficient (Wildman–Crippen LogP) is 2.91. The first-order valence-electron chi connectivity index (χ1n) is 7.92. The molecule has 0 amide bonds. The van der Waals surface area contributed by atoms with Crippen LogP contribution >= 0.6 is 0 Å². The Morgan fingerprint density at radius 3 is 2.62 bits per heavy atom. The number of nitrogens with one attached hydrogen (secondary N) is 2. The molecule has 1 unspecified atom stereocenters. The summed E-state index contributed by atoms with van der Waals surface area (Å²) in [5.74, 6) is 0.182. The van der Waals surface area contributed by atoms with Crippen molar-refractivity contribution in [2.75, 3.05) is 17.0 Å². The SMILES string of the molecule is CCCc1ccc(NS(=O)(=O)CCC2CCCCN2)cc1. The van der Waals surface area contributed by atoms with Gasteiger partial charge in [-0.15, -0.1) is 0 Å². The maximum atomic E-state index is 12.1. The number of piperidine rings is 1. The normalized spacial score (nSPS) is 19.4. The van der Waals surface area contributed by atoms with Gasteiger partial charge in [-0.3, -0.25) is 4.72 Å². The largest absolute Gasteiger partial charge is 0.314 e. The van der Waals surface area contributed by atoms with E-state index in [-0.39, 0.29) is 5.75 Å². The summed E-state index contributed by atoms with van der Waals surface area (Å²) in [5.41, 5.74) is 1.90. The fraction of sp³-hybridized carbons (Fsp3) is 0.625. The molecule has 2 rings (SSSR count). The minimum Gasteiger partial charge on any atom is -0.314 e. The second kappa shape index (κ2) is 7.80. The summed E-state index contributed by atoms with van der Waals surface area (Å²) >= 11 is 0. The number of sulfonamides is 1. The van der Waals surface area contributed by atoms with Crippen molar-refractivity contribution >= 4 is 15.7 Å². The van der Waals surface area contributed by atoms with E-state index in [1.54, 1.807) is 0 Å². The fourth-order valence-corrected chi connectivity index (χ4v) is 3.92. The topological polar surface area (TPSA) is 58.2 Å². The highest BCUT2D eigenvalue weighted by Crippen LogP contribution is 2.15. The highest BCUT2D eigenvalue weighted by atomic mass is 32.2. The number of anilines is 1. The van der Waals surface area contributed by atoms with Crippen LogP contribution in [-0.2, 0) is 16.4 Å². The zero-order valence-corrected chi connectivity index (χ0v) is 13.6. The summed E-state index contributed by atoms with van der Waals surface area (Å²) < 4.78 is 26.9. The number of benzene rings is 1. The van der Waals surface area contributed by atoms with Crippen LogP contribution in [0.5, 0.6) is 0 Å². The van der Waals surface area contributed by atoms with Crippen LogP contribution in [0.15, 0.2) is 24.3 Å². The van der Waals surface area contributed by atoms with Crippen LogP contribution in [0.1, 0.15) is 44.6 Å². The first-order chi connectivity index (χ1) is 10.1. The molecule has 21 heavy (non-hydrogen) atoms.